The SMILES string of the molecule is CCCCOC(=O)C(=C(C)C)C(CC(C)C)C(=O)OCCCC. The van der Waals surface area contributed by atoms with E-state index >= 15 is 0 Å². The van der Waals surface area contributed by atoms with E-state index in [1.165, 1.54) is 0 Å². The van der Waals surface area contributed by atoms with Gasteiger partial charge in [-0.05, 0) is 39.0 Å². The van der Waals surface area contributed by atoms with Gasteiger partial charge in [0.15, 0.2) is 0 Å². The number of esters is 2. The molecule has 0 saturated heterocycles. The molecule has 0 aromatic heterocycles. The topological polar surface area (TPSA) is 52.6 Å². The van der Waals surface area contributed by atoms with E-state index in [1.54, 1.807) is 0 Å². The molecule has 0 aliphatic rings. The van der Waals surface area contributed by atoms with Crippen molar-refractivity contribution in [3.05, 3.63) is 11.1 Å². The highest BCUT2D eigenvalue weighted by Gasteiger charge is 2.31. The van der Waals surface area contributed by atoms with E-state index in [9.17, 15) is 9.59 Å². The van der Waals surface area contributed by atoms with Gasteiger partial charge in [-0.15, -0.1) is 0 Å². The van der Waals surface area contributed by atoms with Crippen LogP contribution in [0.15, 0.2) is 11.1 Å². The van der Waals surface area contributed by atoms with Gasteiger partial charge in [0.05, 0.1) is 24.7 Å². The number of rotatable bonds is 11. The molecule has 0 fully saturated rings. The monoisotopic (exact) mass is 326 g/mol. The van der Waals surface area contributed by atoms with Crippen LogP contribution in [0.1, 0.15) is 73.6 Å². The van der Waals surface area contributed by atoms with Gasteiger partial charge in [-0.2, -0.15) is 0 Å². The number of hydrogen-bond acceptors (Lipinski definition) is 4. The van der Waals surface area contributed by atoms with E-state index in [0.717, 1.165) is 31.3 Å². The lowest BCUT2D eigenvalue weighted by Crippen LogP contribution is -2.28. The van der Waals surface area contributed by atoms with Gasteiger partial charge in [0, 0.05) is 0 Å². The first-order valence-corrected chi connectivity index (χ1v) is 8.86. The fourth-order valence-corrected chi connectivity index (χ4v) is 2.30. The Balaban J connectivity index is 5.15. The minimum Gasteiger partial charge on any atom is -0.465 e. The second-order valence-corrected chi connectivity index (χ2v) is 6.61. The molecule has 0 aromatic rings. The molecule has 1 unspecified atom stereocenters. The van der Waals surface area contributed by atoms with Crippen LogP contribution in [0.4, 0.5) is 0 Å². The Bertz CT molecular complexity index is 392. The van der Waals surface area contributed by atoms with Gasteiger partial charge in [0.25, 0.3) is 0 Å². The molecule has 0 saturated carbocycles. The van der Waals surface area contributed by atoms with E-state index in [-0.39, 0.29) is 17.9 Å². The van der Waals surface area contributed by atoms with E-state index in [4.69, 9.17) is 9.47 Å². The third-order valence-corrected chi connectivity index (χ3v) is 3.57. The third-order valence-electron chi connectivity index (χ3n) is 3.57. The molecule has 0 spiro atoms. The normalized spacial score (nSPS) is 12.0. The maximum Gasteiger partial charge on any atom is 0.334 e. The summed E-state index contributed by atoms with van der Waals surface area (Å²) < 4.78 is 10.7. The fraction of sp³-hybridized carbons (Fsp3) is 0.789. The van der Waals surface area contributed by atoms with Crippen LogP contribution < -0.4 is 0 Å². The largest absolute Gasteiger partial charge is 0.465 e. The second kappa shape index (κ2) is 12.1. The van der Waals surface area contributed by atoms with Crippen LogP contribution >= 0.6 is 0 Å². The Hall–Kier alpha value is -1.32. The Labute approximate surface area is 141 Å². The van der Waals surface area contributed by atoms with Gasteiger partial charge >= 0.3 is 11.9 Å². The number of unbranched alkanes of at least 4 members (excludes halogenated alkanes) is 2. The summed E-state index contributed by atoms with van der Waals surface area (Å²) in [6.45, 7) is 12.7. The molecule has 0 heterocycles. The minimum atomic E-state index is -0.536. The molecule has 0 radical (unpaired) electrons. The maximum absolute atomic E-state index is 12.5. The molecule has 0 aliphatic heterocycles. The fourth-order valence-electron chi connectivity index (χ4n) is 2.30. The van der Waals surface area contributed by atoms with E-state index in [0.29, 0.717) is 25.2 Å². The summed E-state index contributed by atoms with van der Waals surface area (Å²) in [5.41, 5.74) is 1.29. The van der Waals surface area contributed by atoms with Crippen LogP contribution in [0.3, 0.4) is 0 Å². The predicted molar refractivity (Wildman–Crippen MR) is 93.1 cm³/mol. The third kappa shape index (κ3) is 8.77. The standard InChI is InChI=1S/C19H34O4/c1-7-9-11-22-18(20)16(13-14(3)4)17(15(5)6)19(21)23-12-10-8-2/h14,16H,7-13H2,1-6H3. The van der Waals surface area contributed by atoms with Gasteiger partial charge in [-0.3, -0.25) is 4.79 Å². The smallest absolute Gasteiger partial charge is 0.334 e. The molecule has 4 nitrogen and oxygen atoms in total. The van der Waals surface area contributed by atoms with Gasteiger partial charge in [-0.1, -0.05) is 46.1 Å². The summed E-state index contributed by atoms with van der Waals surface area (Å²) in [7, 11) is 0. The first kappa shape index (κ1) is 21.7. The van der Waals surface area contributed by atoms with Gasteiger partial charge < -0.3 is 9.47 Å². The molecule has 0 N–H and O–H groups in total. The van der Waals surface area contributed by atoms with E-state index < -0.39 is 5.92 Å². The molecule has 0 aliphatic carbocycles. The number of ether oxygens (including phenoxy) is 2. The van der Waals surface area contributed by atoms with Crippen molar-refractivity contribution in [1.29, 1.82) is 0 Å². The number of carbonyl (C=O) groups excluding carboxylic acids is 2. The van der Waals surface area contributed by atoms with Crippen molar-refractivity contribution in [1.82, 2.24) is 0 Å². The summed E-state index contributed by atoms with van der Waals surface area (Å²) >= 11 is 0. The van der Waals surface area contributed by atoms with Crippen LogP contribution in [-0.4, -0.2) is 25.2 Å². The highest BCUT2D eigenvalue weighted by molar-refractivity contribution is 5.96. The zero-order valence-electron chi connectivity index (χ0n) is 15.7. The van der Waals surface area contributed by atoms with Crippen molar-refractivity contribution in [2.24, 2.45) is 11.8 Å². The lowest BCUT2D eigenvalue weighted by molar-refractivity contribution is -0.151. The molecule has 0 bridgehead atoms. The second-order valence-electron chi connectivity index (χ2n) is 6.61. The van der Waals surface area contributed by atoms with Crippen LogP contribution in [0, 0.1) is 11.8 Å². The Morgan fingerprint density at radius 1 is 0.913 bits per heavy atom. The summed E-state index contributed by atoms with van der Waals surface area (Å²) in [6, 6.07) is 0. The maximum atomic E-state index is 12.5. The highest BCUT2D eigenvalue weighted by Crippen LogP contribution is 2.26. The quantitative estimate of drug-likeness (QED) is 0.314. The average molecular weight is 326 g/mol. The molecule has 1 atom stereocenters. The first-order valence-electron chi connectivity index (χ1n) is 8.86. The zero-order valence-corrected chi connectivity index (χ0v) is 15.7. The molecule has 0 aromatic carbocycles. The van der Waals surface area contributed by atoms with Crippen LogP contribution in [0.5, 0.6) is 0 Å². The van der Waals surface area contributed by atoms with Crippen molar-refractivity contribution in [2.75, 3.05) is 13.2 Å². The summed E-state index contributed by atoms with van der Waals surface area (Å²) in [5, 5.41) is 0. The number of allylic oxidation sites excluding steroid dienone is 1. The van der Waals surface area contributed by atoms with Crippen LogP contribution in [-0.2, 0) is 19.1 Å². The Morgan fingerprint density at radius 2 is 1.43 bits per heavy atom. The summed E-state index contributed by atoms with van der Waals surface area (Å²) in [5.74, 6) is -0.935. The summed E-state index contributed by atoms with van der Waals surface area (Å²) in [4.78, 5) is 24.9. The van der Waals surface area contributed by atoms with E-state index in [2.05, 4.69) is 0 Å². The van der Waals surface area contributed by atoms with E-state index in [1.807, 2.05) is 41.5 Å². The number of carbonyl (C=O) groups is 2. The van der Waals surface area contributed by atoms with Gasteiger partial charge in [0.2, 0.25) is 0 Å². The molecular weight excluding hydrogens is 292 g/mol. The zero-order chi connectivity index (χ0) is 17.8. The summed E-state index contributed by atoms with van der Waals surface area (Å²) in [6.07, 6.45) is 4.19. The molecular formula is C19H34O4. The lowest BCUT2D eigenvalue weighted by Gasteiger charge is -2.21. The van der Waals surface area contributed by atoms with Gasteiger partial charge in [-0.25, -0.2) is 4.79 Å². The van der Waals surface area contributed by atoms with Crippen molar-refractivity contribution < 1.29 is 19.1 Å². The molecule has 0 amide bonds. The molecule has 4 heteroatoms. The Morgan fingerprint density at radius 3 is 1.87 bits per heavy atom. The molecule has 0 rings (SSSR count). The van der Waals surface area contributed by atoms with Crippen molar-refractivity contribution in [2.45, 2.75) is 73.6 Å². The Kier molecular flexibility index (Phi) is 11.4. The lowest BCUT2D eigenvalue weighted by atomic mass is 9.87. The van der Waals surface area contributed by atoms with Crippen LogP contribution in [0.2, 0.25) is 0 Å². The molecule has 134 valence electrons. The van der Waals surface area contributed by atoms with Gasteiger partial charge in [0.1, 0.15) is 0 Å². The molecule has 23 heavy (non-hydrogen) atoms. The van der Waals surface area contributed by atoms with Crippen molar-refractivity contribution in [3.8, 4) is 0 Å². The minimum absolute atomic E-state index is 0.288. The number of hydrogen-bond donors (Lipinski definition) is 0. The van der Waals surface area contributed by atoms with Crippen molar-refractivity contribution >= 4 is 11.9 Å². The predicted octanol–water partition coefficient (Wildman–Crippen LogP) is 4.67. The highest BCUT2D eigenvalue weighted by atomic mass is 16.5. The van der Waals surface area contributed by atoms with Crippen molar-refractivity contribution in [3.63, 3.8) is 0 Å². The first-order chi connectivity index (χ1) is 10.8. The average Bonchev–Trinajstić information content (AvgIpc) is 2.46. The van der Waals surface area contributed by atoms with Crippen LogP contribution in [0.25, 0.3) is 0 Å².